The Balaban J connectivity index is 2.82. The van der Waals surface area contributed by atoms with Gasteiger partial charge in [0.05, 0.1) is 12.1 Å². The van der Waals surface area contributed by atoms with Crippen LogP contribution in [0.5, 0.6) is 5.75 Å². The number of rotatable bonds is 6. The van der Waals surface area contributed by atoms with Crippen LogP contribution >= 0.6 is 23.2 Å². The molecule has 1 aromatic rings. The maximum Gasteiger partial charge on any atom is 0.140 e. The van der Waals surface area contributed by atoms with E-state index in [1.54, 1.807) is 13.2 Å². The van der Waals surface area contributed by atoms with E-state index in [-0.39, 0.29) is 0 Å². The molecular weight excluding hydrogens is 259 g/mol. The van der Waals surface area contributed by atoms with Gasteiger partial charge in [0.1, 0.15) is 5.75 Å². The second kappa shape index (κ2) is 7.07. The zero-order chi connectivity index (χ0) is 12.8. The summed E-state index contributed by atoms with van der Waals surface area (Å²) in [4.78, 5) is 0. The number of nitrogens with two attached hydrogens (primary N) is 2. The fraction of sp³-hybridized carbons (Fsp3) is 0.500. The minimum atomic E-state index is 0.317. The van der Waals surface area contributed by atoms with E-state index in [0.717, 1.165) is 18.4 Å². The molecule has 1 rings (SSSR count). The first-order valence-electron chi connectivity index (χ1n) is 5.54. The van der Waals surface area contributed by atoms with Gasteiger partial charge in [-0.3, -0.25) is 0 Å². The molecule has 0 aliphatic carbocycles. The average molecular weight is 277 g/mol. The van der Waals surface area contributed by atoms with Crippen LogP contribution in [0.1, 0.15) is 12.0 Å². The van der Waals surface area contributed by atoms with Crippen molar-refractivity contribution in [2.75, 3.05) is 20.2 Å². The van der Waals surface area contributed by atoms with Gasteiger partial charge in [-0.2, -0.15) is 0 Å². The van der Waals surface area contributed by atoms with E-state index < -0.39 is 0 Å². The highest BCUT2D eigenvalue weighted by Gasteiger charge is 2.12. The molecule has 96 valence electrons. The molecule has 0 saturated heterocycles. The van der Waals surface area contributed by atoms with E-state index in [0.29, 0.717) is 34.8 Å². The summed E-state index contributed by atoms with van der Waals surface area (Å²) in [5.41, 5.74) is 12.2. The van der Waals surface area contributed by atoms with Gasteiger partial charge in [-0.25, -0.2) is 0 Å². The third-order valence-corrected chi connectivity index (χ3v) is 3.28. The van der Waals surface area contributed by atoms with Gasteiger partial charge in [0.15, 0.2) is 0 Å². The van der Waals surface area contributed by atoms with Gasteiger partial charge in [0.2, 0.25) is 0 Å². The molecule has 0 amide bonds. The molecule has 0 aromatic heterocycles. The van der Waals surface area contributed by atoms with Crippen LogP contribution in [0.15, 0.2) is 12.1 Å². The number of halogens is 2. The summed E-state index contributed by atoms with van der Waals surface area (Å²) in [6.45, 7) is 1.18. The topological polar surface area (TPSA) is 61.3 Å². The molecule has 0 aliphatic rings. The Labute approximate surface area is 112 Å². The predicted molar refractivity (Wildman–Crippen MR) is 72.9 cm³/mol. The Morgan fingerprint density at radius 3 is 2.41 bits per heavy atom. The monoisotopic (exact) mass is 276 g/mol. The fourth-order valence-corrected chi connectivity index (χ4v) is 2.33. The van der Waals surface area contributed by atoms with Crippen LogP contribution in [0.4, 0.5) is 0 Å². The van der Waals surface area contributed by atoms with Gasteiger partial charge >= 0.3 is 0 Å². The molecule has 4 N–H and O–H groups in total. The van der Waals surface area contributed by atoms with E-state index in [1.165, 1.54) is 0 Å². The van der Waals surface area contributed by atoms with Gasteiger partial charge in [-0.15, -0.1) is 0 Å². The predicted octanol–water partition coefficient (Wildman–Crippen LogP) is 2.47. The molecule has 5 heteroatoms. The maximum absolute atomic E-state index is 6.06. The lowest BCUT2D eigenvalue weighted by atomic mass is 9.99. The van der Waals surface area contributed by atoms with Crippen molar-refractivity contribution < 1.29 is 4.74 Å². The molecule has 0 heterocycles. The molecule has 17 heavy (non-hydrogen) atoms. The van der Waals surface area contributed by atoms with Crippen molar-refractivity contribution in [1.29, 1.82) is 0 Å². The first-order valence-corrected chi connectivity index (χ1v) is 6.30. The molecule has 0 atom stereocenters. The number of methoxy groups -OCH3 is 1. The first-order chi connectivity index (χ1) is 8.12. The number of hydrogen-bond acceptors (Lipinski definition) is 3. The lowest BCUT2D eigenvalue weighted by Crippen LogP contribution is -2.23. The van der Waals surface area contributed by atoms with Crippen LogP contribution in [-0.4, -0.2) is 20.2 Å². The number of hydrogen-bond donors (Lipinski definition) is 2. The van der Waals surface area contributed by atoms with Crippen LogP contribution in [0, 0.1) is 5.92 Å². The minimum Gasteiger partial charge on any atom is -0.495 e. The Morgan fingerprint density at radius 2 is 1.88 bits per heavy atom. The maximum atomic E-state index is 6.06. The molecule has 1 aromatic carbocycles. The Bertz CT molecular complexity index is 368. The van der Waals surface area contributed by atoms with Gasteiger partial charge in [0, 0.05) is 5.02 Å². The smallest absolute Gasteiger partial charge is 0.140 e. The quantitative estimate of drug-likeness (QED) is 0.839. The Kier molecular flexibility index (Phi) is 6.06. The molecular formula is C12H18Cl2N2O. The Morgan fingerprint density at radius 1 is 1.24 bits per heavy atom. The Hall–Kier alpha value is -0.480. The van der Waals surface area contributed by atoms with Crippen LogP contribution in [0.25, 0.3) is 0 Å². The molecule has 0 saturated carbocycles. The normalized spacial score (nSPS) is 10.9. The summed E-state index contributed by atoms with van der Waals surface area (Å²) in [5, 5.41) is 1.15. The van der Waals surface area contributed by atoms with Crippen molar-refractivity contribution in [3.63, 3.8) is 0 Å². The SMILES string of the molecule is COc1c(Cl)cc(Cl)cc1CCC(CN)CN. The molecule has 0 aliphatic heterocycles. The summed E-state index contributed by atoms with van der Waals surface area (Å²) >= 11 is 12.0. The van der Waals surface area contributed by atoms with E-state index in [4.69, 9.17) is 39.4 Å². The van der Waals surface area contributed by atoms with Crippen LogP contribution in [0.3, 0.4) is 0 Å². The van der Waals surface area contributed by atoms with Crippen LogP contribution < -0.4 is 16.2 Å². The summed E-state index contributed by atoms with van der Waals surface area (Å²) in [5.74, 6) is 1.00. The minimum absolute atomic E-state index is 0.317. The zero-order valence-corrected chi connectivity index (χ0v) is 11.4. The van der Waals surface area contributed by atoms with E-state index >= 15 is 0 Å². The zero-order valence-electron chi connectivity index (χ0n) is 9.88. The van der Waals surface area contributed by atoms with Crippen molar-refractivity contribution in [2.24, 2.45) is 17.4 Å². The highest BCUT2D eigenvalue weighted by Crippen LogP contribution is 2.33. The number of benzene rings is 1. The molecule has 0 spiro atoms. The lowest BCUT2D eigenvalue weighted by Gasteiger charge is -2.14. The molecule has 0 unspecified atom stereocenters. The second-order valence-electron chi connectivity index (χ2n) is 3.96. The van der Waals surface area contributed by atoms with Crippen molar-refractivity contribution in [2.45, 2.75) is 12.8 Å². The molecule has 0 radical (unpaired) electrons. The highest BCUT2D eigenvalue weighted by molar-refractivity contribution is 6.35. The summed E-state index contributed by atoms with van der Waals surface area (Å²) in [6.07, 6.45) is 1.71. The van der Waals surface area contributed by atoms with Crippen molar-refractivity contribution in [1.82, 2.24) is 0 Å². The fourth-order valence-electron chi connectivity index (χ4n) is 1.72. The van der Waals surface area contributed by atoms with E-state index in [2.05, 4.69) is 0 Å². The third kappa shape index (κ3) is 4.03. The van der Waals surface area contributed by atoms with Gasteiger partial charge < -0.3 is 16.2 Å². The van der Waals surface area contributed by atoms with Crippen molar-refractivity contribution >= 4 is 23.2 Å². The molecule has 0 bridgehead atoms. The largest absolute Gasteiger partial charge is 0.495 e. The van der Waals surface area contributed by atoms with Crippen LogP contribution in [0.2, 0.25) is 10.0 Å². The summed E-state index contributed by atoms with van der Waals surface area (Å²) < 4.78 is 5.28. The van der Waals surface area contributed by atoms with Gasteiger partial charge in [-0.1, -0.05) is 23.2 Å². The van der Waals surface area contributed by atoms with Crippen molar-refractivity contribution in [3.8, 4) is 5.75 Å². The average Bonchev–Trinajstić information content (AvgIpc) is 2.29. The van der Waals surface area contributed by atoms with E-state index in [1.807, 2.05) is 6.07 Å². The highest BCUT2D eigenvalue weighted by atomic mass is 35.5. The molecule has 0 fully saturated rings. The second-order valence-corrected chi connectivity index (χ2v) is 4.80. The number of aryl methyl sites for hydroxylation is 1. The van der Waals surface area contributed by atoms with Gasteiger partial charge in [0.25, 0.3) is 0 Å². The number of ether oxygens (including phenoxy) is 1. The summed E-state index contributed by atoms with van der Waals surface area (Å²) in [6, 6.07) is 3.55. The van der Waals surface area contributed by atoms with Crippen molar-refractivity contribution in [3.05, 3.63) is 27.7 Å². The third-order valence-electron chi connectivity index (χ3n) is 2.78. The lowest BCUT2D eigenvalue weighted by molar-refractivity contribution is 0.406. The van der Waals surface area contributed by atoms with E-state index in [9.17, 15) is 0 Å². The molecule has 3 nitrogen and oxygen atoms in total. The van der Waals surface area contributed by atoms with Gasteiger partial charge in [-0.05, 0) is 49.5 Å². The van der Waals surface area contributed by atoms with Crippen LogP contribution in [-0.2, 0) is 6.42 Å². The first kappa shape index (κ1) is 14.6. The summed E-state index contributed by atoms with van der Waals surface area (Å²) in [7, 11) is 1.60. The standard InChI is InChI=1S/C12H18Cl2N2O/c1-17-12-9(3-2-8(6-15)7-16)4-10(13)5-11(12)14/h4-5,8H,2-3,6-7,15-16H2,1H3.